The number of carbonyl (C=O) groups is 2. The Morgan fingerprint density at radius 1 is 1.26 bits per heavy atom. The summed E-state index contributed by atoms with van der Waals surface area (Å²) in [5, 5.41) is 17.2. The maximum absolute atomic E-state index is 10.6. The van der Waals surface area contributed by atoms with Crippen molar-refractivity contribution in [1.29, 1.82) is 0 Å². The van der Waals surface area contributed by atoms with Gasteiger partial charge in [-0.3, -0.25) is 4.79 Å². The first-order chi connectivity index (χ1) is 9.02. The average Bonchev–Trinajstić information content (AvgIpc) is 2.36. The lowest BCUT2D eigenvalue weighted by Crippen LogP contribution is -2.01. The second kappa shape index (κ2) is 7.20. The van der Waals surface area contributed by atoms with Crippen molar-refractivity contribution in [3.63, 3.8) is 0 Å². The van der Waals surface area contributed by atoms with E-state index in [-0.39, 0.29) is 6.42 Å². The first-order valence-electron chi connectivity index (χ1n) is 5.80. The summed E-state index contributed by atoms with van der Waals surface area (Å²) in [6, 6.07) is 5.37. The predicted octanol–water partition coefficient (Wildman–Crippen LogP) is 1.90. The molecule has 5 nitrogen and oxygen atoms in total. The molecule has 0 aromatic heterocycles. The maximum Gasteiger partial charge on any atom is 0.327 e. The van der Waals surface area contributed by atoms with Crippen LogP contribution in [0.5, 0.6) is 5.75 Å². The predicted molar refractivity (Wildman–Crippen MR) is 69.4 cm³/mol. The summed E-state index contributed by atoms with van der Waals surface area (Å²) in [4.78, 5) is 21.0. The number of aliphatic carboxylic acids is 2. The molecule has 5 heteroatoms. The van der Waals surface area contributed by atoms with E-state index < -0.39 is 11.9 Å². The summed E-state index contributed by atoms with van der Waals surface area (Å²) in [5.74, 6) is -1.20. The number of methoxy groups -OCH3 is 1. The molecular formula is C14H16O5. The first-order valence-corrected chi connectivity index (χ1v) is 5.80. The first kappa shape index (κ1) is 14.8. The Morgan fingerprint density at radius 2 is 2.00 bits per heavy atom. The third-order valence-corrected chi connectivity index (χ3v) is 2.62. The van der Waals surface area contributed by atoms with Crippen molar-refractivity contribution >= 4 is 11.9 Å². The maximum atomic E-state index is 10.6. The van der Waals surface area contributed by atoms with Crippen molar-refractivity contribution in [3.8, 4) is 5.75 Å². The Bertz CT molecular complexity index is 491. The molecule has 102 valence electrons. The van der Waals surface area contributed by atoms with Crippen molar-refractivity contribution in [2.75, 3.05) is 7.11 Å². The Balaban J connectivity index is 2.88. The Morgan fingerprint density at radius 3 is 2.58 bits per heavy atom. The van der Waals surface area contributed by atoms with E-state index in [1.807, 2.05) is 6.07 Å². The fourth-order valence-electron chi connectivity index (χ4n) is 1.69. The van der Waals surface area contributed by atoms with Gasteiger partial charge in [-0.25, -0.2) is 4.79 Å². The quantitative estimate of drug-likeness (QED) is 0.735. The number of carboxylic acids is 2. The van der Waals surface area contributed by atoms with Gasteiger partial charge < -0.3 is 14.9 Å². The number of benzene rings is 1. The molecule has 19 heavy (non-hydrogen) atoms. The van der Waals surface area contributed by atoms with Crippen LogP contribution in [0.3, 0.4) is 0 Å². The normalized spacial score (nSPS) is 10.6. The molecule has 0 fully saturated rings. The standard InChI is InChI=1S/C14H16O5/c1-19-12-7-5-10(6-8-14(17)18)11(9-12)3-2-4-13(15)16/h2,4-5,7,9H,3,6,8H2,1H3,(H,15,16)(H,17,18). The monoisotopic (exact) mass is 264 g/mol. The molecule has 0 saturated carbocycles. The number of rotatable bonds is 7. The van der Waals surface area contributed by atoms with Gasteiger partial charge in [0.15, 0.2) is 0 Å². The van der Waals surface area contributed by atoms with E-state index in [0.717, 1.165) is 17.2 Å². The zero-order valence-electron chi connectivity index (χ0n) is 10.6. The molecule has 0 radical (unpaired) electrons. The van der Waals surface area contributed by atoms with E-state index in [4.69, 9.17) is 14.9 Å². The van der Waals surface area contributed by atoms with Crippen LogP contribution in [-0.2, 0) is 22.4 Å². The number of ether oxygens (including phenoxy) is 1. The Kier molecular flexibility index (Phi) is 5.60. The lowest BCUT2D eigenvalue weighted by molar-refractivity contribution is -0.137. The number of hydrogen-bond donors (Lipinski definition) is 2. The topological polar surface area (TPSA) is 83.8 Å². The van der Waals surface area contributed by atoms with Gasteiger partial charge in [-0.1, -0.05) is 12.1 Å². The minimum absolute atomic E-state index is 0.0436. The molecular weight excluding hydrogens is 248 g/mol. The summed E-state index contributed by atoms with van der Waals surface area (Å²) >= 11 is 0. The van der Waals surface area contributed by atoms with Crippen LogP contribution in [0.15, 0.2) is 30.4 Å². The SMILES string of the molecule is COc1ccc(CCC(=O)O)c(CC=CC(=O)O)c1. The van der Waals surface area contributed by atoms with Gasteiger partial charge in [0.05, 0.1) is 7.11 Å². The molecule has 2 N–H and O–H groups in total. The van der Waals surface area contributed by atoms with Gasteiger partial charge >= 0.3 is 11.9 Å². The van der Waals surface area contributed by atoms with Gasteiger partial charge in [0, 0.05) is 12.5 Å². The highest BCUT2D eigenvalue weighted by molar-refractivity contribution is 5.79. The minimum atomic E-state index is -1.00. The van der Waals surface area contributed by atoms with Crippen LogP contribution in [0.2, 0.25) is 0 Å². The lowest BCUT2D eigenvalue weighted by Gasteiger charge is -2.09. The molecule has 1 aromatic carbocycles. The van der Waals surface area contributed by atoms with Crippen LogP contribution in [-0.4, -0.2) is 29.3 Å². The number of carboxylic acid groups (broad SMARTS) is 2. The van der Waals surface area contributed by atoms with Crippen molar-refractivity contribution in [2.24, 2.45) is 0 Å². The molecule has 0 aliphatic heterocycles. The Labute approximate surface area is 111 Å². The van der Waals surface area contributed by atoms with E-state index in [1.165, 1.54) is 6.08 Å². The van der Waals surface area contributed by atoms with E-state index >= 15 is 0 Å². The largest absolute Gasteiger partial charge is 0.497 e. The molecule has 1 aromatic rings. The number of hydrogen-bond acceptors (Lipinski definition) is 3. The fourth-order valence-corrected chi connectivity index (χ4v) is 1.69. The molecule has 0 aliphatic rings. The van der Waals surface area contributed by atoms with Crippen LogP contribution in [0.1, 0.15) is 17.5 Å². The van der Waals surface area contributed by atoms with Crippen molar-refractivity contribution in [3.05, 3.63) is 41.5 Å². The molecule has 0 amide bonds. The summed E-state index contributed by atoms with van der Waals surface area (Å²) in [6.07, 6.45) is 3.48. The van der Waals surface area contributed by atoms with E-state index in [0.29, 0.717) is 18.6 Å². The third-order valence-electron chi connectivity index (χ3n) is 2.62. The highest BCUT2D eigenvalue weighted by Crippen LogP contribution is 2.20. The minimum Gasteiger partial charge on any atom is -0.497 e. The van der Waals surface area contributed by atoms with Crippen LogP contribution in [0.25, 0.3) is 0 Å². The van der Waals surface area contributed by atoms with Crippen LogP contribution >= 0.6 is 0 Å². The van der Waals surface area contributed by atoms with Gasteiger partial charge in [0.1, 0.15) is 5.75 Å². The van der Waals surface area contributed by atoms with Crippen molar-refractivity contribution < 1.29 is 24.5 Å². The Hall–Kier alpha value is -2.30. The molecule has 0 unspecified atom stereocenters. The van der Waals surface area contributed by atoms with Crippen LogP contribution < -0.4 is 4.74 Å². The van der Waals surface area contributed by atoms with E-state index in [9.17, 15) is 9.59 Å². The van der Waals surface area contributed by atoms with Gasteiger partial charge in [-0.2, -0.15) is 0 Å². The zero-order chi connectivity index (χ0) is 14.3. The third kappa shape index (κ3) is 5.25. The summed E-state index contributed by atoms with van der Waals surface area (Å²) in [6.45, 7) is 0. The summed E-state index contributed by atoms with van der Waals surface area (Å²) < 4.78 is 5.11. The number of aryl methyl sites for hydroxylation is 1. The second-order valence-corrected chi connectivity index (χ2v) is 3.97. The van der Waals surface area contributed by atoms with Crippen molar-refractivity contribution in [1.82, 2.24) is 0 Å². The fraction of sp³-hybridized carbons (Fsp3) is 0.286. The van der Waals surface area contributed by atoms with Crippen molar-refractivity contribution in [2.45, 2.75) is 19.3 Å². The molecule has 0 saturated heterocycles. The average molecular weight is 264 g/mol. The van der Waals surface area contributed by atoms with Gasteiger partial charge in [0.25, 0.3) is 0 Å². The van der Waals surface area contributed by atoms with Gasteiger partial charge in [-0.05, 0) is 36.1 Å². The molecule has 0 heterocycles. The summed E-state index contributed by atoms with van der Waals surface area (Å²) in [7, 11) is 1.54. The van der Waals surface area contributed by atoms with Crippen LogP contribution in [0.4, 0.5) is 0 Å². The molecule has 0 bridgehead atoms. The van der Waals surface area contributed by atoms with Gasteiger partial charge in [-0.15, -0.1) is 0 Å². The molecule has 0 atom stereocenters. The molecule has 1 rings (SSSR count). The summed E-state index contributed by atoms with van der Waals surface area (Å²) in [5.41, 5.74) is 1.76. The van der Waals surface area contributed by atoms with E-state index in [1.54, 1.807) is 19.2 Å². The second-order valence-electron chi connectivity index (χ2n) is 3.97. The van der Waals surface area contributed by atoms with E-state index in [2.05, 4.69) is 0 Å². The molecule has 0 aliphatic carbocycles. The van der Waals surface area contributed by atoms with Gasteiger partial charge in [0.2, 0.25) is 0 Å². The highest BCUT2D eigenvalue weighted by Gasteiger charge is 2.06. The molecule has 0 spiro atoms. The van der Waals surface area contributed by atoms with Crippen LogP contribution in [0, 0.1) is 0 Å². The highest BCUT2D eigenvalue weighted by atomic mass is 16.5. The zero-order valence-corrected chi connectivity index (χ0v) is 10.6. The smallest absolute Gasteiger partial charge is 0.327 e. The lowest BCUT2D eigenvalue weighted by atomic mass is 10.00. The number of allylic oxidation sites excluding steroid dienone is 1.